The zero-order valence-corrected chi connectivity index (χ0v) is 19.4. The predicted molar refractivity (Wildman–Crippen MR) is 123 cm³/mol. The van der Waals surface area contributed by atoms with Crippen LogP contribution in [0, 0.1) is 24.7 Å². The van der Waals surface area contributed by atoms with E-state index < -0.39 is 41.5 Å². The quantitative estimate of drug-likeness (QED) is 0.389. The van der Waals surface area contributed by atoms with Crippen LogP contribution in [0.5, 0.6) is 5.75 Å². The number of hydrogen-bond donors (Lipinski definition) is 2. The largest absolute Gasteiger partial charge is 0.507 e. The molecule has 1 saturated heterocycles. The van der Waals surface area contributed by atoms with Gasteiger partial charge in [0.1, 0.15) is 5.75 Å². The van der Waals surface area contributed by atoms with Crippen LogP contribution in [-0.2, 0) is 24.0 Å². The first-order valence-corrected chi connectivity index (χ1v) is 11.7. The number of phenolic OH excluding ortho intramolecular Hbond substituents is 1. The number of imide groups is 1. The van der Waals surface area contributed by atoms with E-state index in [1.807, 2.05) is 6.08 Å². The van der Waals surface area contributed by atoms with Gasteiger partial charge in [0, 0.05) is 34.7 Å². The molecule has 2 N–H and O–H groups in total. The number of nitrogens with zero attached hydrogens (tertiary/aromatic N) is 1. The number of carboxylic acids is 1. The number of likely N-dealkylation sites (tertiary alicyclic amines) is 1. The number of ketones is 2. The molecule has 4 aliphatic rings. The topological polar surface area (TPSA) is 129 Å². The minimum Gasteiger partial charge on any atom is -0.507 e. The van der Waals surface area contributed by atoms with Gasteiger partial charge in [-0.05, 0) is 44.2 Å². The second kappa shape index (κ2) is 8.15. The first-order valence-electron chi connectivity index (χ1n) is 11.7. The molecule has 8 nitrogen and oxygen atoms in total. The van der Waals surface area contributed by atoms with Crippen LogP contribution >= 0.6 is 0 Å². The van der Waals surface area contributed by atoms with Crippen molar-refractivity contribution in [2.24, 2.45) is 17.8 Å². The summed E-state index contributed by atoms with van der Waals surface area (Å²) in [5, 5.41) is 20.0. The molecule has 0 aromatic heterocycles. The Hall–Kier alpha value is -3.81. The maximum Gasteiger partial charge on any atom is 0.305 e. The first-order chi connectivity index (χ1) is 16.6. The van der Waals surface area contributed by atoms with Crippen LogP contribution in [0.4, 0.5) is 0 Å². The molecule has 1 aromatic rings. The molecule has 0 bridgehead atoms. The lowest BCUT2D eigenvalue weighted by Gasteiger charge is -2.42. The van der Waals surface area contributed by atoms with Gasteiger partial charge in [-0.1, -0.05) is 29.8 Å². The number of aryl methyl sites for hydroxylation is 1. The molecule has 1 fully saturated rings. The van der Waals surface area contributed by atoms with E-state index in [4.69, 9.17) is 5.11 Å². The number of fused-ring (bicyclic) bond motifs is 3. The highest BCUT2D eigenvalue weighted by Gasteiger charge is 2.56. The van der Waals surface area contributed by atoms with Crippen molar-refractivity contribution in [3.8, 4) is 5.75 Å². The number of hydrogen-bond acceptors (Lipinski definition) is 6. The molecule has 1 heterocycles. The van der Waals surface area contributed by atoms with Gasteiger partial charge < -0.3 is 10.2 Å². The van der Waals surface area contributed by atoms with Crippen molar-refractivity contribution in [1.82, 2.24) is 4.90 Å². The molecule has 0 spiro atoms. The Balaban J connectivity index is 1.65. The Labute approximate surface area is 201 Å². The summed E-state index contributed by atoms with van der Waals surface area (Å²) in [5.74, 6) is -5.05. The highest BCUT2D eigenvalue weighted by molar-refractivity contribution is 6.24. The van der Waals surface area contributed by atoms with Gasteiger partial charge in [-0.15, -0.1) is 0 Å². The Morgan fingerprint density at radius 1 is 1.09 bits per heavy atom. The van der Waals surface area contributed by atoms with Crippen molar-refractivity contribution in [2.75, 3.05) is 6.54 Å². The SMILES string of the molecule is CC1=CC(=O)C2=C(C1=O)[C@@H](c1cccc(C)c1O)C1=CC[C@@H]3C(=O)N(CCC(=O)O)C(=O)[C@@H]3[C@@H]1C2. The van der Waals surface area contributed by atoms with E-state index >= 15 is 0 Å². The maximum atomic E-state index is 13.4. The van der Waals surface area contributed by atoms with Gasteiger partial charge in [0.05, 0.1) is 18.3 Å². The summed E-state index contributed by atoms with van der Waals surface area (Å²) in [6.45, 7) is 3.14. The highest BCUT2D eigenvalue weighted by atomic mass is 16.4. The molecule has 1 aromatic carbocycles. The third-order valence-electron chi connectivity index (χ3n) is 7.79. The summed E-state index contributed by atoms with van der Waals surface area (Å²) in [4.78, 5) is 64.9. The summed E-state index contributed by atoms with van der Waals surface area (Å²) < 4.78 is 0. The minimum atomic E-state index is -1.10. The molecule has 0 saturated carbocycles. The van der Waals surface area contributed by atoms with Crippen LogP contribution in [0.25, 0.3) is 0 Å². The van der Waals surface area contributed by atoms with E-state index in [0.717, 1.165) is 10.5 Å². The number of amides is 2. The Bertz CT molecular complexity index is 1310. The second-order valence-electron chi connectivity index (χ2n) is 9.71. The van der Waals surface area contributed by atoms with E-state index in [1.165, 1.54) is 6.08 Å². The van der Waals surface area contributed by atoms with Crippen LogP contribution in [0.1, 0.15) is 43.2 Å². The lowest BCUT2D eigenvalue weighted by Crippen LogP contribution is -2.40. The fraction of sp³-hybridized carbons (Fsp3) is 0.370. The third-order valence-corrected chi connectivity index (χ3v) is 7.79. The van der Waals surface area contributed by atoms with Gasteiger partial charge in [-0.3, -0.25) is 28.9 Å². The average molecular weight is 475 g/mol. The summed E-state index contributed by atoms with van der Waals surface area (Å²) in [5.41, 5.74) is 2.83. The van der Waals surface area contributed by atoms with Crippen molar-refractivity contribution in [3.63, 3.8) is 0 Å². The number of carbonyl (C=O) groups is 5. The zero-order valence-electron chi connectivity index (χ0n) is 19.4. The number of carbonyl (C=O) groups excluding carboxylic acids is 4. The van der Waals surface area contributed by atoms with Crippen LogP contribution in [-0.4, -0.2) is 51.0 Å². The van der Waals surface area contributed by atoms with Gasteiger partial charge in [0.25, 0.3) is 0 Å². The summed E-state index contributed by atoms with van der Waals surface area (Å²) >= 11 is 0. The van der Waals surface area contributed by atoms with Gasteiger partial charge in [0.15, 0.2) is 11.6 Å². The fourth-order valence-corrected chi connectivity index (χ4v) is 6.12. The number of Topliss-reactive ketones (excluding diaryl/α,β-unsaturated/α-hetero) is 1. The number of aromatic hydroxyl groups is 1. The molecule has 0 unspecified atom stereocenters. The van der Waals surface area contributed by atoms with Crippen LogP contribution in [0.3, 0.4) is 0 Å². The van der Waals surface area contributed by atoms with E-state index in [2.05, 4.69) is 0 Å². The molecule has 2 amide bonds. The smallest absolute Gasteiger partial charge is 0.305 e. The fourth-order valence-electron chi connectivity index (χ4n) is 6.12. The molecular weight excluding hydrogens is 450 g/mol. The van der Waals surface area contributed by atoms with Crippen LogP contribution in [0.15, 0.2) is 52.6 Å². The number of benzene rings is 1. The van der Waals surface area contributed by atoms with Gasteiger partial charge in [-0.2, -0.15) is 0 Å². The molecular formula is C27H25NO7. The van der Waals surface area contributed by atoms with E-state index in [1.54, 1.807) is 32.0 Å². The highest BCUT2D eigenvalue weighted by Crippen LogP contribution is 2.56. The van der Waals surface area contributed by atoms with Crippen LogP contribution < -0.4 is 0 Å². The third kappa shape index (κ3) is 3.38. The molecule has 0 radical (unpaired) electrons. The summed E-state index contributed by atoms with van der Waals surface area (Å²) in [7, 11) is 0. The molecule has 5 rings (SSSR count). The van der Waals surface area contributed by atoms with Crippen molar-refractivity contribution >= 4 is 29.4 Å². The number of aliphatic carboxylic acids is 1. The molecule has 3 aliphatic carbocycles. The lowest BCUT2D eigenvalue weighted by molar-refractivity contribution is -0.142. The van der Waals surface area contributed by atoms with E-state index in [0.29, 0.717) is 27.8 Å². The van der Waals surface area contributed by atoms with Crippen molar-refractivity contribution in [3.05, 3.63) is 63.8 Å². The lowest BCUT2D eigenvalue weighted by atomic mass is 9.59. The number of phenols is 1. The Morgan fingerprint density at radius 2 is 1.83 bits per heavy atom. The van der Waals surface area contributed by atoms with Crippen LogP contribution in [0.2, 0.25) is 0 Å². The number of rotatable bonds is 4. The second-order valence-corrected chi connectivity index (χ2v) is 9.71. The normalized spacial score (nSPS) is 27.9. The first kappa shape index (κ1) is 23.0. The Morgan fingerprint density at radius 3 is 2.54 bits per heavy atom. The number of para-hydroxylation sites is 1. The average Bonchev–Trinajstić information content (AvgIpc) is 3.06. The Kier molecular flexibility index (Phi) is 5.34. The zero-order chi connectivity index (χ0) is 25.2. The van der Waals surface area contributed by atoms with Gasteiger partial charge >= 0.3 is 5.97 Å². The number of carboxylic acid groups (broad SMARTS) is 1. The monoisotopic (exact) mass is 475 g/mol. The van der Waals surface area contributed by atoms with E-state index in [9.17, 15) is 29.1 Å². The predicted octanol–water partition coefficient (Wildman–Crippen LogP) is 2.60. The molecule has 4 atom stereocenters. The van der Waals surface area contributed by atoms with Crippen molar-refractivity contribution < 1.29 is 34.2 Å². The van der Waals surface area contributed by atoms with Crippen molar-refractivity contribution in [1.29, 1.82) is 0 Å². The summed E-state index contributed by atoms with van der Waals surface area (Å²) in [6.07, 6.45) is 3.26. The van der Waals surface area contributed by atoms with Gasteiger partial charge in [0.2, 0.25) is 11.8 Å². The van der Waals surface area contributed by atoms with Crippen molar-refractivity contribution in [2.45, 2.75) is 39.0 Å². The molecule has 1 aliphatic heterocycles. The minimum absolute atomic E-state index is 0.0254. The summed E-state index contributed by atoms with van der Waals surface area (Å²) in [6, 6.07) is 5.24. The molecule has 8 heteroatoms. The van der Waals surface area contributed by atoms with E-state index in [-0.39, 0.29) is 43.1 Å². The number of allylic oxidation sites excluding steroid dienone is 6. The maximum absolute atomic E-state index is 13.4. The standard InChI is InChI=1S/C27H25NO7/c1-12-4-3-5-15(24(12)32)21-14-6-7-16-22(27(35)28(26(16)34)9-8-20(30)31)17(14)11-18-19(29)10-13(2)25(33)23(18)21/h3-6,10,16-17,21-22,32H,7-9,11H2,1-2H3,(H,30,31)/t16-,17+,21+,22-/m0/s1. The molecule has 35 heavy (non-hydrogen) atoms. The van der Waals surface area contributed by atoms with Gasteiger partial charge in [-0.25, -0.2) is 0 Å². The molecule has 180 valence electrons.